The molecule has 22 heavy (non-hydrogen) atoms. The van der Waals surface area contributed by atoms with E-state index in [1.807, 2.05) is 36.2 Å². The largest absolute Gasteiger partial charge is 0.339 e. The minimum Gasteiger partial charge on any atom is -0.339 e. The van der Waals surface area contributed by atoms with Gasteiger partial charge in [0.15, 0.2) is 0 Å². The molecule has 1 saturated carbocycles. The van der Waals surface area contributed by atoms with Gasteiger partial charge in [-0.1, -0.05) is 19.1 Å². The standard InChI is InChI=1S/C18H22N2OS/c1-13-7-9-14(10-8-13)20(2)18(21)12-11-17-19-15-5-3-4-6-16(15)22-17/h3-6,11-14H,7-10H2,1-2H3/b12-11+. The van der Waals surface area contributed by atoms with Gasteiger partial charge in [-0.15, -0.1) is 11.3 Å². The van der Waals surface area contributed by atoms with Crippen LogP contribution in [0.5, 0.6) is 0 Å². The van der Waals surface area contributed by atoms with Crippen molar-refractivity contribution in [3.05, 3.63) is 35.3 Å². The van der Waals surface area contributed by atoms with Crippen LogP contribution in [0.15, 0.2) is 30.3 Å². The number of aromatic nitrogens is 1. The van der Waals surface area contributed by atoms with Crippen LogP contribution in [0.4, 0.5) is 0 Å². The Bertz CT molecular complexity index is 650. The summed E-state index contributed by atoms with van der Waals surface area (Å²) in [5.74, 6) is 0.886. The van der Waals surface area contributed by atoms with Crippen molar-refractivity contribution in [2.45, 2.75) is 38.6 Å². The number of likely N-dealkylation sites (N-methyl/N-ethyl adjacent to an activating group) is 1. The van der Waals surface area contributed by atoms with Crippen molar-refractivity contribution in [1.29, 1.82) is 0 Å². The predicted octanol–water partition coefficient (Wildman–Crippen LogP) is 4.35. The van der Waals surface area contributed by atoms with E-state index in [4.69, 9.17) is 0 Å². The van der Waals surface area contributed by atoms with Gasteiger partial charge in [-0.2, -0.15) is 0 Å². The van der Waals surface area contributed by atoms with Crippen LogP contribution in [0.3, 0.4) is 0 Å². The first kappa shape index (κ1) is 15.2. The number of amides is 1. The molecule has 1 aromatic heterocycles. The number of carbonyl (C=O) groups excluding carboxylic acids is 1. The van der Waals surface area contributed by atoms with E-state index in [2.05, 4.69) is 18.0 Å². The van der Waals surface area contributed by atoms with E-state index >= 15 is 0 Å². The van der Waals surface area contributed by atoms with Crippen LogP contribution in [-0.4, -0.2) is 28.9 Å². The number of hydrogen-bond acceptors (Lipinski definition) is 3. The molecule has 0 aliphatic heterocycles. The summed E-state index contributed by atoms with van der Waals surface area (Å²) in [6.45, 7) is 2.30. The molecule has 1 aromatic carbocycles. The summed E-state index contributed by atoms with van der Waals surface area (Å²) < 4.78 is 1.16. The maximum Gasteiger partial charge on any atom is 0.246 e. The third-order valence-electron chi connectivity index (χ3n) is 4.56. The molecule has 0 radical (unpaired) electrons. The lowest BCUT2D eigenvalue weighted by molar-refractivity contribution is -0.127. The maximum atomic E-state index is 12.3. The van der Waals surface area contributed by atoms with Gasteiger partial charge in [0, 0.05) is 19.2 Å². The second-order valence-electron chi connectivity index (χ2n) is 6.22. The third kappa shape index (κ3) is 3.38. The van der Waals surface area contributed by atoms with Crippen LogP contribution < -0.4 is 0 Å². The van der Waals surface area contributed by atoms with E-state index in [0.717, 1.165) is 34.0 Å². The number of nitrogens with zero attached hydrogens (tertiary/aromatic N) is 2. The SMILES string of the molecule is CC1CCC(N(C)C(=O)/C=C/c2nc3ccccc3s2)CC1. The molecule has 1 fully saturated rings. The Kier molecular flexibility index (Phi) is 4.57. The molecule has 0 spiro atoms. The highest BCUT2D eigenvalue weighted by molar-refractivity contribution is 7.19. The monoisotopic (exact) mass is 314 g/mol. The number of rotatable bonds is 3. The van der Waals surface area contributed by atoms with Crippen molar-refractivity contribution < 1.29 is 4.79 Å². The molecule has 3 rings (SSSR count). The average molecular weight is 314 g/mol. The van der Waals surface area contributed by atoms with Gasteiger partial charge in [-0.3, -0.25) is 4.79 Å². The first-order valence-corrected chi connectivity index (χ1v) is 8.75. The Morgan fingerprint density at radius 1 is 1.27 bits per heavy atom. The number of fused-ring (bicyclic) bond motifs is 1. The van der Waals surface area contributed by atoms with Gasteiger partial charge in [-0.25, -0.2) is 4.98 Å². The van der Waals surface area contributed by atoms with Gasteiger partial charge in [0.05, 0.1) is 10.2 Å². The summed E-state index contributed by atoms with van der Waals surface area (Å²) in [5.41, 5.74) is 0.995. The highest BCUT2D eigenvalue weighted by atomic mass is 32.1. The van der Waals surface area contributed by atoms with Crippen LogP contribution in [0.2, 0.25) is 0 Å². The van der Waals surface area contributed by atoms with Gasteiger partial charge in [-0.05, 0) is 49.8 Å². The summed E-state index contributed by atoms with van der Waals surface area (Å²) in [5, 5.41) is 0.889. The first-order chi connectivity index (χ1) is 10.6. The Morgan fingerprint density at radius 2 is 2.00 bits per heavy atom. The van der Waals surface area contributed by atoms with Gasteiger partial charge < -0.3 is 4.90 Å². The van der Waals surface area contributed by atoms with Crippen molar-refractivity contribution in [3.63, 3.8) is 0 Å². The Labute approximate surface area is 135 Å². The van der Waals surface area contributed by atoms with E-state index in [9.17, 15) is 4.79 Å². The zero-order valence-corrected chi connectivity index (χ0v) is 14.0. The molecule has 1 aliphatic rings. The Balaban J connectivity index is 1.65. The lowest BCUT2D eigenvalue weighted by Gasteiger charge is -2.33. The third-order valence-corrected chi connectivity index (χ3v) is 5.56. The summed E-state index contributed by atoms with van der Waals surface area (Å²) in [7, 11) is 1.92. The van der Waals surface area contributed by atoms with Crippen LogP contribution in [-0.2, 0) is 4.79 Å². The zero-order chi connectivity index (χ0) is 15.5. The second-order valence-corrected chi connectivity index (χ2v) is 7.28. The lowest BCUT2D eigenvalue weighted by atomic mass is 9.87. The molecule has 1 aliphatic carbocycles. The molecule has 0 unspecified atom stereocenters. The minimum atomic E-state index is 0.0822. The van der Waals surface area contributed by atoms with Crippen molar-refractivity contribution in [2.24, 2.45) is 5.92 Å². The zero-order valence-electron chi connectivity index (χ0n) is 13.2. The molecule has 3 nitrogen and oxygen atoms in total. The van der Waals surface area contributed by atoms with E-state index in [1.54, 1.807) is 17.4 Å². The smallest absolute Gasteiger partial charge is 0.246 e. The summed E-state index contributed by atoms with van der Waals surface area (Å²) in [6, 6.07) is 8.45. The number of thiazole rings is 1. The first-order valence-electron chi connectivity index (χ1n) is 7.94. The number of para-hydroxylation sites is 1. The van der Waals surface area contributed by atoms with Crippen molar-refractivity contribution in [3.8, 4) is 0 Å². The molecule has 1 amide bonds. The number of benzene rings is 1. The van der Waals surface area contributed by atoms with Crippen molar-refractivity contribution in [1.82, 2.24) is 9.88 Å². The van der Waals surface area contributed by atoms with E-state index in [1.165, 1.54) is 12.8 Å². The molecule has 0 N–H and O–H groups in total. The molecule has 2 aromatic rings. The fraction of sp³-hybridized carbons (Fsp3) is 0.444. The topological polar surface area (TPSA) is 33.2 Å². The maximum absolute atomic E-state index is 12.3. The van der Waals surface area contributed by atoms with Crippen LogP contribution in [0.1, 0.15) is 37.6 Å². The summed E-state index contributed by atoms with van der Waals surface area (Å²) in [4.78, 5) is 18.8. The molecule has 0 atom stereocenters. The van der Waals surface area contributed by atoms with Gasteiger partial charge >= 0.3 is 0 Å². The quantitative estimate of drug-likeness (QED) is 0.789. The van der Waals surface area contributed by atoms with E-state index in [-0.39, 0.29) is 5.91 Å². The molecule has 116 valence electrons. The number of carbonyl (C=O) groups is 1. The van der Waals surface area contributed by atoms with Gasteiger partial charge in [0.1, 0.15) is 5.01 Å². The summed E-state index contributed by atoms with van der Waals surface area (Å²) in [6.07, 6.45) is 8.20. The number of hydrogen-bond donors (Lipinski definition) is 0. The van der Waals surface area contributed by atoms with Crippen molar-refractivity contribution in [2.75, 3.05) is 7.05 Å². The van der Waals surface area contributed by atoms with Crippen LogP contribution in [0, 0.1) is 5.92 Å². The fourth-order valence-electron chi connectivity index (χ4n) is 3.03. The fourth-order valence-corrected chi connectivity index (χ4v) is 3.90. The van der Waals surface area contributed by atoms with Crippen LogP contribution >= 0.6 is 11.3 Å². The average Bonchev–Trinajstić information content (AvgIpc) is 2.95. The highest BCUT2D eigenvalue weighted by Gasteiger charge is 2.23. The second kappa shape index (κ2) is 6.61. The molecular weight excluding hydrogens is 292 g/mol. The molecule has 0 saturated heterocycles. The highest BCUT2D eigenvalue weighted by Crippen LogP contribution is 2.27. The van der Waals surface area contributed by atoms with Crippen LogP contribution in [0.25, 0.3) is 16.3 Å². The Hall–Kier alpha value is -1.68. The van der Waals surface area contributed by atoms with Crippen molar-refractivity contribution >= 4 is 33.5 Å². The summed E-state index contributed by atoms with van der Waals surface area (Å²) >= 11 is 1.62. The molecule has 4 heteroatoms. The van der Waals surface area contributed by atoms with E-state index < -0.39 is 0 Å². The minimum absolute atomic E-state index is 0.0822. The predicted molar refractivity (Wildman–Crippen MR) is 92.8 cm³/mol. The van der Waals surface area contributed by atoms with E-state index in [0.29, 0.717) is 6.04 Å². The lowest BCUT2D eigenvalue weighted by Crippen LogP contribution is -2.38. The molecular formula is C18H22N2OS. The normalized spacial score (nSPS) is 22.3. The van der Waals surface area contributed by atoms with Gasteiger partial charge in [0.25, 0.3) is 0 Å². The Morgan fingerprint density at radius 3 is 2.73 bits per heavy atom. The van der Waals surface area contributed by atoms with Gasteiger partial charge in [0.2, 0.25) is 5.91 Å². The molecule has 1 heterocycles. The molecule has 0 bridgehead atoms.